The number of rotatable bonds is 6. The first-order chi connectivity index (χ1) is 11.5. The molecule has 0 unspecified atom stereocenters. The first-order valence-electron chi connectivity index (χ1n) is 7.63. The molecule has 0 saturated heterocycles. The molecule has 2 aromatic rings. The molecule has 1 aromatic carbocycles. The van der Waals surface area contributed by atoms with E-state index >= 15 is 0 Å². The maximum atomic E-state index is 12.4. The predicted molar refractivity (Wildman–Crippen MR) is 95.7 cm³/mol. The minimum Gasteiger partial charge on any atom is -0.462 e. The Hall–Kier alpha value is -2.18. The lowest BCUT2D eigenvalue weighted by atomic mass is 9.99. The molecule has 128 valence electrons. The van der Waals surface area contributed by atoms with Gasteiger partial charge in [0.15, 0.2) is 0 Å². The topological polar surface area (TPSA) is 64.6 Å². The van der Waals surface area contributed by atoms with E-state index in [0.717, 1.165) is 16.7 Å². The molecular formula is C18H21NO4S. The molecule has 24 heavy (non-hydrogen) atoms. The van der Waals surface area contributed by atoms with Gasteiger partial charge in [0.25, 0.3) is 5.91 Å². The molecule has 0 aliphatic carbocycles. The van der Waals surface area contributed by atoms with Gasteiger partial charge in [-0.3, -0.25) is 4.79 Å². The van der Waals surface area contributed by atoms with Gasteiger partial charge in [-0.15, -0.1) is 11.3 Å². The molecule has 5 nitrogen and oxygen atoms in total. The first kappa shape index (κ1) is 18.2. The highest BCUT2D eigenvalue weighted by Crippen LogP contribution is 2.36. The van der Waals surface area contributed by atoms with E-state index < -0.39 is 5.97 Å². The maximum Gasteiger partial charge on any atom is 0.341 e. The Balaban J connectivity index is 2.47. The van der Waals surface area contributed by atoms with Crippen molar-refractivity contribution in [2.45, 2.75) is 20.8 Å². The van der Waals surface area contributed by atoms with Crippen molar-refractivity contribution in [2.75, 3.05) is 25.6 Å². The smallest absolute Gasteiger partial charge is 0.341 e. The third kappa shape index (κ3) is 4.01. The van der Waals surface area contributed by atoms with Crippen LogP contribution in [0.5, 0.6) is 0 Å². The number of aryl methyl sites for hydroxylation is 2. The van der Waals surface area contributed by atoms with E-state index in [-0.39, 0.29) is 19.1 Å². The molecular weight excluding hydrogens is 326 g/mol. The zero-order valence-corrected chi connectivity index (χ0v) is 15.1. The highest BCUT2D eigenvalue weighted by molar-refractivity contribution is 7.15. The van der Waals surface area contributed by atoms with Crippen molar-refractivity contribution in [3.63, 3.8) is 0 Å². The van der Waals surface area contributed by atoms with Crippen LogP contribution >= 0.6 is 11.3 Å². The third-order valence-electron chi connectivity index (χ3n) is 3.62. The number of anilines is 1. The predicted octanol–water partition coefficient (Wildman–Crippen LogP) is 3.79. The normalized spacial score (nSPS) is 10.5. The second kappa shape index (κ2) is 8.08. The number of benzene rings is 1. The lowest BCUT2D eigenvalue weighted by Gasteiger charge is -2.09. The number of ether oxygens (including phenoxy) is 2. The molecule has 0 aliphatic rings. The Morgan fingerprint density at radius 3 is 2.58 bits per heavy atom. The van der Waals surface area contributed by atoms with E-state index in [1.54, 1.807) is 6.92 Å². The minimum absolute atomic E-state index is 0.0703. The zero-order valence-electron chi connectivity index (χ0n) is 14.3. The summed E-state index contributed by atoms with van der Waals surface area (Å²) in [6.07, 6.45) is 0. The van der Waals surface area contributed by atoms with Crippen LogP contribution in [-0.2, 0) is 14.3 Å². The highest BCUT2D eigenvalue weighted by Gasteiger charge is 2.22. The van der Waals surface area contributed by atoms with Crippen LogP contribution in [0.2, 0.25) is 0 Å². The number of methoxy groups -OCH3 is 1. The lowest BCUT2D eigenvalue weighted by Crippen LogP contribution is -2.18. The van der Waals surface area contributed by atoms with Crippen molar-refractivity contribution in [1.29, 1.82) is 0 Å². The number of hydrogen-bond donors (Lipinski definition) is 1. The second-order valence-corrected chi connectivity index (χ2v) is 6.23. The standard InChI is InChI=1S/C18H21NO4S/c1-5-23-18(21)16-14(13-7-6-11(2)12(3)8-13)10-24-17(16)19-15(20)9-22-4/h6-8,10H,5,9H2,1-4H3,(H,19,20). The van der Waals surface area contributed by atoms with E-state index in [0.29, 0.717) is 10.6 Å². The van der Waals surface area contributed by atoms with Crippen LogP contribution in [0.3, 0.4) is 0 Å². The number of carbonyl (C=O) groups is 2. The van der Waals surface area contributed by atoms with Crippen LogP contribution in [0.25, 0.3) is 11.1 Å². The summed E-state index contributed by atoms with van der Waals surface area (Å²) in [4.78, 5) is 24.2. The molecule has 0 radical (unpaired) electrons. The summed E-state index contributed by atoms with van der Waals surface area (Å²) in [7, 11) is 1.45. The second-order valence-electron chi connectivity index (χ2n) is 5.35. The third-order valence-corrected chi connectivity index (χ3v) is 4.51. The quantitative estimate of drug-likeness (QED) is 0.808. The Bertz CT molecular complexity index is 751. The number of hydrogen-bond acceptors (Lipinski definition) is 5. The Kier molecular flexibility index (Phi) is 6.11. The molecule has 0 fully saturated rings. The van der Waals surface area contributed by atoms with Gasteiger partial charge in [-0.1, -0.05) is 18.2 Å². The summed E-state index contributed by atoms with van der Waals surface area (Å²) >= 11 is 1.30. The molecule has 2 rings (SSSR count). The summed E-state index contributed by atoms with van der Waals surface area (Å²) in [5, 5.41) is 5.06. The maximum absolute atomic E-state index is 12.4. The van der Waals surface area contributed by atoms with Crippen molar-refractivity contribution in [3.05, 3.63) is 40.3 Å². The lowest BCUT2D eigenvalue weighted by molar-refractivity contribution is -0.119. The molecule has 1 N–H and O–H groups in total. The average Bonchev–Trinajstić information content (AvgIpc) is 2.94. The number of esters is 1. The van der Waals surface area contributed by atoms with Gasteiger partial charge >= 0.3 is 5.97 Å². The van der Waals surface area contributed by atoms with E-state index in [9.17, 15) is 9.59 Å². The van der Waals surface area contributed by atoms with Gasteiger partial charge in [0.1, 0.15) is 17.2 Å². The van der Waals surface area contributed by atoms with Gasteiger partial charge < -0.3 is 14.8 Å². The zero-order chi connectivity index (χ0) is 17.7. The van der Waals surface area contributed by atoms with Crippen LogP contribution < -0.4 is 5.32 Å². The minimum atomic E-state index is -0.445. The van der Waals surface area contributed by atoms with E-state index in [1.165, 1.54) is 24.0 Å². The number of nitrogens with one attached hydrogen (secondary N) is 1. The van der Waals surface area contributed by atoms with Crippen molar-refractivity contribution in [2.24, 2.45) is 0 Å². The Labute approximate surface area is 145 Å². The van der Waals surface area contributed by atoms with Crippen molar-refractivity contribution >= 4 is 28.2 Å². The first-order valence-corrected chi connectivity index (χ1v) is 8.50. The number of carbonyl (C=O) groups excluding carboxylic acids is 2. The van der Waals surface area contributed by atoms with Crippen LogP contribution in [0.15, 0.2) is 23.6 Å². The van der Waals surface area contributed by atoms with Gasteiger partial charge in [0.05, 0.1) is 6.61 Å². The SMILES string of the molecule is CCOC(=O)c1c(-c2ccc(C)c(C)c2)csc1NC(=O)COC. The van der Waals surface area contributed by atoms with Crippen LogP contribution in [0, 0.1) is 13.8 Å². The fraction of sp³-hybridized carbons (Fsp3) is 0.333. The van der Waals surface area contributed by atoms with Gasteiger partial charge in [-0.2, -0.15) is 0 Å². The van der Waals surface area contributed by atoms with Crippen LogP contribution in [0.4, 0.5) is 5.00 Å². The largest absolute Gasteiger partial charge is 0.462 e. The van der Waals surface area contributed by atoms with Crippen LogP contribution in [-0.4, -0.2) is 32.2 Å². The molecule has 1 heterocycles. The summed E-state index contributed by atoms with van der Waals surface area (Å²) in [5.74, 6) is -0.753. The molecule has 0 aliphatic heterocycles. The molecule has 6 heteroatoms. The van der Waals surface area contributed by atoms with E-state index in [2.05, 4.69) is 5.32 Å². The van der Waals surface area contributed by atoms with Gasteiger partial charge in [-0.05, 0) is 37.5 Å². The monoisotopic (exact) mass is 347 g/mol. The Morgan fingerprint density at radius 1 is 1.21 bits per heavy atom. The number of thiophene rings is 1. The molecule has 1 amide bonds. The van der Waals surface area contributed by atoms with Crippen LogP contribution in [0.1, 0.15) is 28.4 Å². The van der Waals surface area contributed by atoms with Gasteiger partial charge in [0, 0.05) is 18.1 Å². The van der Waals surface area contributed by atoms with Gasteiger partial charge in [-0.25, -0.2) is 4.79 Å². The van der Waals surface area contributed by atoms with E-state index in [4.69, 9.17) is 9.47 Å². The van der Waals surface area contributed by atoms with Gasteiger partial charge in [0.2, 0.25) is 0 Å². The van der Waals surface area contributed by atoms with Crippen molar-refractivity contribution in [3.8, 4) is 11.1 Å². The summed E-state index contributed by atoms with van der Waals surface area (Å²) in [5.41, 5.74) is 4.38. The Morgan fingerprint density at radius 2 is 1.96 bits per heavy atom. The highest BCUT2D eigenvalue weighted by atomic mass is 32.1. The van der Waals surface area contributed by atoms with Crippen molar-refractivity contribution < 1.29 is 19.1 Å². The van der Waals surface area contributed by atoms with E-state index in [1.807, 2.05) is 37.4 Å². The number of amides is 1. The molecule has 0 bridgehead atoms. The molecule has 1 aromatic heterocycles. The molecule has 0 atom stereocenters. The average molecular weight is 347 g/mol. The molecule has 0 saturated carbocycles. The summed E-state index contributed by atoms with van der Waals surface area (Å²) in [6.45, 7) is 6.01. The fourth-order valence-corrected chi connectivity index (χ4v) is 3.24. The molecule has 0 spiro atoms. The summed E-state index contributed by atoms with van der Waals surface area (Å²) in [6, 6.07) is 6.01. The van der Waals surface area contributed by atoms with Crippen molar-refractivity contribution in [1.82, 2.24) is 0 Å². The summed E-state index contributed by atoms with van der Waals surface area (Å²) < 4.78 is 9.99. The fourth-order valence-electron chi connectivity index (χ4n) is 2.27.